The van der Waals surface area contributed by atoms with Crippen molar-refractivity contribution < 1.29 is 9.53 Å². The summed E-state index contributed by atoms with van der Waals surface area (Å²) in [6, 6.07) is 17.3. The molecule has 4 aromatic rings. The maximum absolute atomic E-state index is 12.5. The number of aryl methyl sites for hydroxylation is 2. The van der Waals surface area contributed by atoms with Crippen molar-refractivity contribution in [2.45, 2.75) is 26.9 Å². The predicted octanol–water partition coefficient (Wildman–Crippen LogP) is 5.38. The fourth-order valence-corrected chi connectivity index (χ4v) is 3.79. The highest BCUT2D eigenvalue weighted by molar-refractivity contribution is 7.21. The molecule has 4 rings (SSSR count). The topological polar surface area (TPSA) is 64.1 Å². The summed E-state index contributed by atoms with van der Waals surface area (Å²) in [6.45, 7) is 5.81. The van der Waals surface area contributed by atoms with E-state index in [2.05, 4.69) is 15.3 Å². The number of nitrogens with zero attached hydrogens (tertiary/aromatic N) is 2. The molecule has 146 valence electrons. The van der Waals surface area contributed by atoms with E-state index < -0.39 is 6.10 Å². The number of aromatic nitrogens is 2. The Morgan fingerprint density at radius 2 is 1.86 bits per heavy atom. The van der Waals surface area contributed by atoms with E-state index in [0.717, 1.165) is 26.5 Å². The van der Waals surface area contributed by atoms with Gasteiger partial charge < -0.3 is 10.1 Å². The summed E-state index contributed by atoms with van der Waals surface area (Å²) in [5.41, 5.74) is 4.93. The third-order valence-electron chi connectivity index (χ3n) is 4.73. The van der Waals surface area contributed by atoms with Gasteiger partial charge in [-0.1, -0.05) is 17.4 Å². The molecule has 2 heterocycles. The Hall–Kier alpha value is -3.25. The van der Waals surface area contributed by atoms with Crippen LogP contribution in [0, 0.1) is 13.8 Å². The molecule has 1 N–H and O–H groups in total. The van der Waals surface area contributed by atoms with Gasteiger partial charge in [-0.15, -0.1) is 0 Å². The van der Waals surface area contributed by atoms with Crippen LogP contribution in [0.15, 0.2) is 60.8 Å². The van der Waals surface area contributed by atoms with E-state index in [0.29, 0.717) is 11.4 Å². The normalized spacial score (nSPS) is 12.0. The number of hydrogen-bond donors (Lipinski definition) is 1. The number of benzene rings is 2. The Bertz CT molecular complexity index is 1140. The lowest BCUT2D eigenvalue weighted by Gasteiger charge is -2.15. The van der Waals surface area contributed by atoms with E-state index >= 15 is 0 Å². The van der Waals surface area contributed by atoms with Crippen molar-refractivity contribution in [1.82, 2.24) is 9.97 Å². The predicted molar refractivity (Wildman–Crippen MR) is 117 cm³/mol. The minimum Gasteiger partial charge on any atom is -0.481 e. The van der Waals surface area contributed by atoms with Crippen molar-refractivity contribution in [3.63, 3.8) is 0 Å². The molecule has 2 aromatic carbocycles. The Balaban J connectivity index is 1.42. The van der Waals surface area contributed by atoms with Crippen LogP contribution in [0.3, 0.4) is 0 Å². The van der Waals surface area contributed by atoms with Crippen LogP contribution < -0.4 is 10.1 Å². The molecule has 1 atom stereocenters. The molecular weight excluding hydrogens is 382 g/mol. The van der Waals surface area contributed by atoms with Crippen molar-refractivity contribution in [2.75, 3.05) is 5.32 Å². The van der Waals surface area contributed by atoms with Gasteiger partial charge in [-0.3, -0.25) is 4.79 Å². The summed E-state index contributed by atoms with van der Waals surface area (Å²) in [6.07, 6.45) is 1.16. The number of carbonyl (C=O) groups excluding carboxylic acids is 1. The number of anilines is 1. The molecule has 1 unspecified atom stereocenters. The maximum atomic E-state index is 12.5. The Morgan fingerprint density at radius 3 is 2.59 bits per heavy atom. The maximum Gasteiger partial charge on any atom is 0.265 e. The second-order valence-corrected chi connectivity index (χ2v) is 7.90. The van der Waals surface area contributed by atoms with Crippen molar-refractivity contribution in [3.05, 3.63) is 71.9 Å². The quantitative estimate of drug-likeness (QED) is 0.486. The number of carbonyl (C=O) groups is 1. The number of pyridine rings is 1. The summed E-state index contributed by atoms with van der Waals surface area (Å²) in [7, 11) is 0. The molecular formula is C23H21N3O2S. The van der Waals surface area contributed by atoms with Crippen LogP contribution in [0.4, 0.5) is 5.69 Å². The van der Waals surface area contributed by atoms with Crippen LogP contribution in [0.25, 0.3) is 20.9 Å². The van der Waals surface area contributed by atoms with Gasteiger partial charge in [0.1, 0.15) is 21.1 Å². The first-order valence-corrected chi connectivity index (χ1v) is 10.2. The molecule has 0 saturated heterocycles. The highest BCUT2D eigenvalue weighted by atomic mass is 32.1. The molecule has 6 heteroatoms. The summed E-state index contributed by atoms with van der Waals surface area (Å²) in [5.74, 6) is 0.496. The first kappa shape index (κ1) is 19.1. The fraction of sp³-hybridized carbons (Fsp3) is 0.174. The molecule has 0 aliphatic rings. The first-order valence-electron chi connectivity index (χ1n) is 9.36. The lowest BCUT2D eigenvalue weighted by atomic mass is 10.1. The highest BCUT2D eigenvalue weighted by Gasteiger charge is 2.15. The molecule has 5 nitrogen and oxygen atoms in total. The van der Waals surface area contributed by atoms with E-state index in [1.165, 1.54) is 5.56 Å². The lowest BCUT2D eigenvalue weighted by molar-refractivity contribution is -0.122. The van der Waals surface area contributed by atoms with Crippen molar-refractivity contribution in [3.8, 4) is 16.3 Å². The average molecular weight is 404 g/mol. The van der Waals surface area contributed by atoms with Crippen LogP contribution in [0.1, 0.15) is 18.1 Å². The summed E-state index contributed by atoms with van der Waals surface area (Å²) < 4.78 is 5.78. The zero-order chi connectivity index (χ0) is 20.4. The number of hydrogen-bond acceptors (Lipinski definition) is 5. The summed E-state index contributed by atoms with van der Waals surface area (Å²) in [4.78, 5) is 22.3. The van der Waals surface area contributed by atoms with Gasteiger partial charge in [-0.25, -0.2) is 9.97 Å². The minimum absolute atomic E-state index is 0.194. The summed E-state index contributed by atoms with van der Waals surface area (Å²) >= 11 is 1.55. The molecule has 2 aromatic heterocycles. The number of ether oxygens (including phenoxy) is 1. The van der Waals surface area contributed by atoms with Crippen molar-refractivity contribution >= 4 is 33.3 Å². The van der Waals surface area contributed by atoms with Gasteiger partial charge in [0.25, 0.3) is 5.91 Å². The standard InChI is InChI=1S/C23H21N3O2S/c1-14-6-11-19(13-15(14)2)28-16(3)21(27)25-18-9-7-17(8-10-18)22-26-20-5-4-12-24-23(20)29-22/h4-13,16H,1-3H3,(H,25,27). The van der Waals surface area contributed by atoms with Crippen molar-refractivity contribution in [1.29, 1.82) is 0 Å². The average Bonchev–Trinajstić information content (AvgIpc) is 3.15. The van der Waals surface area contributed by atoms with Gasteiger partial charge in [-0.2, -0.15) is 0 Å². The Morgan fingerprint density at radius 1 is 1.07 bits per heavy atom. The minimum atomic E-state index is -0.605. The van der Waals surface area contributed by atoms with E-state index in [1.54, 1.807) is 24.5 Å². The molecule has 0 bridgehead atoms. The van der Waals surface area contributed by atoms with E-state index in [9.17, 15) is 4.79 Å². The smallest absolute Gasteiger partial charge is 0.265 e. The van der Waals surface area contributed by atoms with Gasteiger partial charge in [-0.05, 0) is 80.4 Å². The molecule has 0 spiro atoms. The largest absolute Gasteiger partial charge is 0.481 e. The third-order valence-corrected chi connectivity index (χ3v) is 5.75. The number of thiazole rings is 1. The molecule has 0 saturated carbocycles. The molecule has 0 radical (unpaired) electrons. The second-order valence-electron chi connectivity index (χ2n) is 6.92. The van der Waals surface area contributed by atoms with Crippen LogP contribution in [0.5, 0.6) is 5.75 Å². The number of amides is 1. The van der Waals surface area contributed by atoms with E-state index in [-0.39, 0.29) is 5.91 Å². The van der Waals surface area contributed by atoms with Gasteiger partial charge in [0.15, 0.2) is 6.10 Å². The van der Waals surface area contributed by atoms with E-state index in [1.807, 2.05) is 68.4 Å². The number of fused-ring (bicyclic) bond motifs is 1. The first-order chi connectivity index (χ1) is 14.0. The Kier molecular flexibility index (Phi) is 5.27. The second kappa shape index (κ2) is 8.01. The highest BCUT2D eigenvalue weighted by Crippen LogP contribution is 2.29. The van der Waals surface area contributed by atoms with Crippen molar-refractivity contribution in [2.24, 2.45) is 0 Å². The van der Waals surface area contributed by atoms with Crippen LogP contribution in [-0.4, -0.2) is 22.0 Å². The molecule has 0 aliphatic heterocycles. The van der Waals surface area contributed by atoms with Crippen LogP contribution >= 0.6 is 11.3 Å². The molecule has 0 aliphatic carbocycles. The lowest BCUT2D eigenvalue weighted by Crippen LogP contribution is -2.30. The van der Waals surface area contributed by atoms with E-state index in [4.69, 9.17) is 4.74 Å². The monoisotopic (exact) mass is 403 g/mol. The van der Waals surface area contributed by atoms with Gasteiger partial charge in [0.05, 0.1) is 0 Å². The van der Waals surface area contributed by atoms with Crippen LogP contribution in [-0.2, 0) is 4.79 Å². The van der Waals surface area contributed by atoms with Gasteiger partial charge in [0.2, 0.25) is 0 Å². The number of rotatable bonds is 5. The van der Waals surface area contributed by atoms with Crippen LogP contribution in [0.2, 0.25) is 0 Å². The molecule has 0 fully saturated rings. The zero-order valence-corrected chi connectivity index (χ0v) is 17.3. The van der Waals surface area contributed by atoms with Gasteiger partial charge >= 0.3 is 0 Å². The Labute approximate surface area is 173 Å². The van der Waals surface area contributed by atoms with Gasteiger partial charge in [0, 0.05) is 17.4 Å². The summed E-state index contributed by atoms with van der Waals surface area (Å²) in [5, 5.41) is 3.81. The fourth-order valence-electron chi connectivity index (χ4n) is 2.88. The zero-order valence-electron chi connectivity index (χ0n) is 16.5. The third kappa shape index (κ3) is 4.27. The molecule has 29 heavy (non-hydrogen) atoms. The molecule has 1 amide bonds. The SMILES string of the molecule is Cc1ccc(OC(C)C(=O)Nc2ccc(-c3nc4cccnc4s3)cc2)cc1C. The number of nitrogens with one attached hydrogen (secondary N) is 1.